The predicted octanol–water partition coefficient (Wildman–Crippen LogP) is 6.51. The molecule has 1 aliphatic rings. The Hall–Kier alpha value is -3.49. The lowest BCUT2D eigenvalue weighted by Gasteiger charge is -2.11. The summed E-state index contributed by atoms with van der Waals surface area (Å²) in [5, 5.41) is 0.392. The highest BCUT2D eigenvalue weighted by molar-refractivity contribution is 9.10. The Morgan fingerprint density at radius 2 is 1.69 bits per heavy atom. The van der Waals surface area contributed by atoms with Gasteiger partial charge in [0.25, 0.3) is 11.1 Å². The fourth-order valence-corrected chi connectivity index (χ4v) is 5.07. The number of ketones is 1. The highest BCUT2D eigenvalue weighted by atomic mass is 79.9. The summed E-state index contributed by atoms with van der Waals surface area (Å²) >= 11 is 4.13. The molecule has 35 heavy (non-hydrogen) atoms. The van der Waals surface area contributed by atoms with E-state index in [4.69, 9.17) is 0 Å². The number of halogens is 2. The van der Waals surface area contributed by atoms with E-state index >= 15 is 0 Å². The van der Waals surface area contributed by atoms with E-state index in [2.05, 4.69) is 15.9 Å². The Morgan fingerprint density at radius 1 is 0.971 bits per heavy atom. The largest absolute Gasteiger partial charge is 0.342 e. The molecular weight excluding hydrogens is 531 g/mol. The number of fused-ring (bicyclic) bond motifs is 1. The normalized spacial score (nSPS) is 14.9. The van der Waals surface area contributed by atoms with Gasteiger partial charge in [-0.15, -0.1) is 0 Å². The van der Waals surface area contributed by atoms with Crippen molar-refractivity contribution in [2.75, 3.05) is 6.54 Å². The van der Waals surface area contributed by atoms with Crippen LogP contribution in [0.2, 0.25) is 0 Å². The summed E-state index contributed by atoms with van der Waals surface area (Å²) in [6.45, 7) is 0.00286. The van der Waals surface area contributed by atoms with Gasteiger partial charge >= 0.3 is 0 Å². The fourth-order valence-electron chi connectivity index (χ4n) is 3.98. The topological polar surface area (TPSA) is 59.4 Å². The van der Waals surface area contributed by atoms with Crippen molar-refractivity contribution in [3.8, 4) is 0 Å². The van der Waals surface area contributed by atoms with Gasteiger partial charge in [0.1, 0.15) is 5.82 Å². The van der Waals surface area contributed by atoms with E-state index in [1.807, 2.05) is 35.0 Å². The van der Waals surface area contributed by atoms with Gasteiger partial charge in [-0.2, -0.15) is 0 Å². The molecule has 0 aliphatic carbocycles. The first-order valence-corrected chi connectivity index (χ1v) is 12.4. The molecule has 0 saturated carbocycles. The lowest BCUT2D eigenvalue weighted by atomic mass is 10.1. The van der Waals surface area contributed by atoms with Crippen LogP contribution in [0.4, 0.5) is 9.18 Å². The minimum Gasteiger partial charge on any atom is -0.342 e. The molecule has 1 aromatic heterocycles. The molecular formula is C27H18BrFN2O3S. The van der Waals surface area contributed by atoms with E-state index in [0.29, 0.717) is 17.7 Å². The molecule has 174 valence electrons. The number of carbonyl (C=O) groups is 3. The van der Waals surface area contributed by atoms with E-state index in [-0.39, 0.29) is 23.1 Å². The van der Waals surface area contributed by atoms with Crippen LogP contribution in [-0.4, -0.2) is 32.9 Å². The van der Waals surface area contributed by atoms with Crippen LogP contribution in [0.5, 0.6) is 0 Å². The van der Waals surface area contributed by atoms with Crippen molar-refractivity contribution in [3.05, 3.63) is 111 Å². The quantitative estimate of drug-likeness (QED) is 0.203. The number of hydrogen-bond acceptors (Lipinski definition) is 4. The van der Waals surface area contributed by atoms with Crippen molar-refractivity contribution >= 4 is 61.6 Å². The van der Waals surface area contributed by atoms with Crippen LogP contribution in [-0.2, 0) is 11.3 Å². The minimum absolute atomic E-state index is 0.243. The molecule has 3 aromatic carbocycles. The molecule has 5 rings (SSSR count). The molecule has 4 aromatic rings. The maximum atomic E-state index is 14.2. The number of benzene rings is 3. The number of Topliss-reactive ketones (excluding diaryl/α,β-unsaturated/α-hetero) is 1. The molecule has 0 unspecified atom stereocenters. The lowest BCUT2D eigenvalue weighted by molar-refractivity contribution is -0.122. The van der Waals surface area contributed by atoms with Crippen molar-refractivity contribution in [3.63, 3.8) is 0 Å². The maximum Gasteiger partial charge on any atom is 0.293 e. The second-order valence-electron chi connectivity index (χ2n) is 8.02. The summed E-state index contributed by atoms with van der Waals surface area (Å²) in [7, 11) is 0. The molecule has 0 atom stereocenters. The average molecular weight is 549 g/mol. The monoisotopic (exact) mass is 548 g/mol. The fraction of sp³-hybridized carbons (Fsp3) is 0.0741. The van der Waals surface area contributed by atoms with Gasteiger partial charge in [-0.3, -0.25) is 19.3 Å². The van der Waals surface area contributed by atoms with Gasteiger partial charge in [0.15, 0.2) is 5.78 Å². The number of imide groups is 1. The Bertz CT molecular complexity index is 1510. The smallest absolute Gasteiger partial charge is 0.293 e. The SMILES string of the molecule is O=C(CN1C(=O)S/C(=C\c2cn(Cc3ccccc3F)c3ccccc23)C1=O)c1ccc(Br)cc1. The molecule has 8 heteroatoms. The maximum absolute atomic E-state index is 14.2. The standard InChI is InChI=1S/C27H18BrFN2O3S/c28-20-11-9-17(10-12-20)24(32)16-31-26(33)25(35-27(31)34)13-19-15-30(23-8-4-2-6-21(19)23)14-18-5-1-3-7-22(18)29/h1-13,15H,14,16H2/b25-13-. The van der Waals surface area contributed by atoms with Crippen LogP contribution < -0.4 is 0 Å². The predicted molar refractivity (Wildman–Crippen MR) is 139 cm³/mol. The van der Waals surface area contributed by atoms with Crippen LogP contribution in [0.3, 0.4) is 0 Å². The second-order valence-corrected chi connectivity index (χ2v) is 9.93. The Morgan fingerprint density at radius 3 is 2.46 bits per heavy atom. The minimum atomic E-state index is -0.503. The Balaban J connectivity index is 1.43. The van der Waals surface area contributed by atoms with Crippen LogP contribution in [0, 0.1) is 5.82 Å². The number of hydrogen-bond donors (Lipinski definition) is 0. The van der Waals surface area contributed by atoms with Gasteiger partial charge < -0.3 is 4.57 Å². The van der Waals surface area contributed by atoms with E-state index in [0.717, 1.165) is 37.6 Å². The summed E-state index contributed by atoms with van der Waals surface area (Å²) in [6.07, 6.45) is 3.51. The average Bonchev–Trinajstić information content (AvgIpc) is 3.33. The molecule has 0 N–H and O–H groups in total. The third-order valence-electron chi connectivity index (χ3n) is 5.75. The molecule has 1 aliphatic heterocycles. The third-order valence-corrected chi connectivity index (χ3v) is 7.18. The van der Waals surface area contributed by atoms with Crippen LogP contribution in [0.15, 0.2) is 88.4 Å². The summed E-state index contributed by atoms with van der Waals surface area (Å²) in [5.74, 6) is -1.11. The Kier molecular flexibility index (Phi) is 6.40. The number of aromatic nitrogens is 1. The number of nitrogens with zero attached hydrogens (tertiary/aromatic N) is 2. The molecule has 2 heterocycles. The zero-order valence-electron chi connectivity index (χ0n) is 18.3. The molecule has 2 amide bonds. The number of amides is 2. The van der Waals surface area contributed by atoms with Gasteiger partial charge in [0.05, 0.1) is 18.0 Å². The second kappa shape index (κ2) is 9.64. The number of carbonyl (C=O) groups excluding carboxylic acids is 3. The summed E-state index contributed by atoms with van der Waals surface area (Å²) in [4.78, 5) is 39.4. The first-order chi connectivity index (χ1) is 16.9. The van der Waals surface area contributed by atoms with Crippen LogP contribution in [0.1, 0.15) is 21.5 Å². The van der Waals surface area contributed by atoms with E-state index in [9.17, 15) is 18.8 Å². The van der Waals surface area contributed by atoms with E-state index < -0.39 is 11.1 Å². The van der Waals surface area contributed by atoms with Gasteiger partial charge in [-0.1, -0.05) is 64.5 Å². The summed E-state index contributed by atoms with van der Waals surface area (Å²) in [5.41, 5.74) is 2.59. The van der Waals surface area contributed by atoms with E-state index in [1.165, 1.54) is 6.07 Å². The number of rotatable bonds is 6. The highest BCUT2D eigenvalue weighted by Gasteiger charge is 2.36. The van der Waals surface area contributed by atoms with Gasteiger partial charge in [-0.25, -0.2) is 4.39 Å². The van der Waals surface area contributed by atoms with Crippen molar-refractivity contribution < 1.29 is 18.8 Å². The van der Waals surface area contributed by atoms with Crippen LogP contribution in [0.25, 0.3) is 17.0 Å². The van der Waals surface area contributed by atoms with Crippen molar-refractivity contribution in [1.29, 1.82) is 0 Å². The zero-order valence-corrected chi connectivity index (χ0v) is 20.7. The van der Waals surface area contributed by atoms with Crippen molar-refractivity contribution in [2.45, 2.75) is 6.54 Å². The first kappa shape index (κ1) is 23.3. The zero-order chi connectivity index (χ0) is 24.5. The molecule has 1 fully saturated rings. The highest BCUT2D eigenvalue weighted by Crippen LogP contribution is 2.34. The van der Waals surface area contributed by atoms with Gasteiger partial charge in [0.2, 0.25) is 0 Å². The molecule has 0 radical (unpaired) electrons. The van der Waals surface area contributed by atoms with E-state index in [1.54, 1.807) is 48.5 Å². The first-order valence-electron chi connectivity index (χ1n) is 10.8. The Labute approximate surface area is 213 Å². The lowest BCUT2D eigenvalue weighted by Crippen LogP contribution is -2.33. The van der Waals surface area contributed by atoms with Crippen molar-refractivity contribution in [1.82, 2.24) is 9.47 Å². The summed E-state index contributed by atoms with van der Waals surface area (Å²) < 4.78 is 17.0. The van der Waals surface area contributed by atoms with Gasteiger partial charge in [-0.05, 0) is 42.1 Å². The number of para-hydroxylation sites is 1. The molecule has 0 spiro atoms. The molecule has 1 saturated heterocycles. The third kappa shape index (κ3) is 4.72. The number of thioether (sulfide) groups is 1. The van der Waals surface area contributed by atoms with Gasteiger partial charge in [0, 0.05) is 38.3 Å². The molecule has 5 nitrogen and oxygen atoms in total. The summed E-state index contributed by atoms with van der Waals surface area (Å²) in [6, 6.07) is 21.0. The van der Waals surface area contributed by atoms with Crippen LogP contribution >= 0.6 is 27.7 Å². The molecule has 0 bridgehead atoms. The van der Waals surface area contributed by atoms with Crippen molar-refractivity contribution in [2.24, 2.45) is 0 Å².